The summed E-state index contributed by atoms with van der Waals surface area (Å²) >= 11 is 2.22. The van der Waals surface area contributed by atoms with Crippen molar-refractivity contribution in [2.75, 3.05) is 0 Å². The van der Waals surface area contributed by atoms with E-state index in [4.69, 9.17) is 0 Å². The standard InChI is InChI=1S/C14H9IN2O2/c15-11-3-1-9(2-4-11)12-7-10-5-6-16-8-13(10)17(12)14(18)19/h1-8H,(H,18,19). The van der Waals surface area contributed by atoms with E-state index in [0.29, 0.717) is 11.2 Å². The third-order valence-electron chi connectivity index (χ3n) is 2.94. The van der Waals surface area contributed by atoms with Crippen molar-refractivity contribution in [2.45, 2.75) is 0 Å². The minimum Gasteiger partial charge on any atom is -0.464 e. The van der Waals surface area contributed by atoms with E-state index >= 15 is 0 Å². The predicted molar refractivity (Wildman–Crippen MR) is 81.3 cm³/mol. The molecule has 0 bridgehead atoms. The molecule has 19 heavy (non-hydrogen) atoms. The molecule has 0 unspecified atom stereocenters. The van der Waals surface area contributed by atoms with E-state index in [1.807, 2.05) is 36.4 Å². The predicted octanol–water partition coefficient (Wildman–Crippen LogP) is 3.83. The van der Waals surface area contributed by atoms with Crippen molar-refractivity contribution < 1.29 is 9.90 Å². The number of halogens is 1. The molecule has 0 aliphatic heterocycles. The Hall–Kier alpha value is -1.89. The Morgan fingerprint density at radius 2 is 1.95 bits per heavy atom. The first kappa shape index (κ1) is 12.2. The highest BCUT2D eigenvalue weighted by molar-refractivity contribution is 14.1. The van der Waals surface area contributed by atoms with Crippen LogP contribution in [0.25, 0.3) is 22.2 Å². The number of rotatable bonds is 1. The van der Waals surface area contributed by atoms with Crippen LogP contribution in [0.3, 0.4) is 0 Å². The number of fused-ring (bicyclic) bond motifs is 1. The number of nitrogens with zero attached hydrogens (tertiary/aromatic N) is 2. The maximum atomic E-state index is 11.5. The lowest BCUT2D eigenvalue weighted by atomic mass is 10.1. The van der Waals surface area contributed by atoms with E-state index < -0.39 is 6.09 Å². The van der Waals surface area contributed by atoms with Crippen LogP contribution in [0.5, 0.6) is 0 Å². The van der Waals surface area contributed by atoms with Crippen LogP contribution in [0.15, 0.2) is 48.8 Å². The zero-order chi connectivity index (χ0) is 13.4. The van der Waals surface area contributed by atoms with E-state index in [2.05, 4.69) is 27.6 Å². The molecule has 0 aliphatic rings. The lowest BCUT2D eigenvalue weighted by Crippen LogP contribution is -2.09. The van der Waals surface area contributed by atoms with Gasteiger partial charge in [-0.2, -0.15) is 0 Å². The van der Waals surface area contributed by atoms with Gasteiger partial charge in [0.1, 0.15) is 0 Å². The molecule has 0 radical (unpaired) electrons. The van der Waals surface area contributed by atoms with Gasteiger partial charge in [-0.05, 0) is 52.4 Å². The van der Waals surface area contributed by atoms with Gasteiger partial charge in [-0.25, -0.2) is 9.36 Å². The molecule has 0 fully saturated rings. The third-order valence-corrected chi connectivity index (χ3v) is 3.66. The molecular weight excluding hydrogens is 355 g/mol. The fourth-order valence-corrected chi connectivity index (χ4v) is 2.45. The average Bonchev–Trinajstić information content (AvgIpc) is 2.78. The first-order valence-corrected chi connectivity index (χ1v) is 6.69. The maximum Gasteiger partial charge on any atom is 0.416 e. The molecule has 0 aliphatic carbocycles. The minimum absolute atomic E-state index is 0.601. The summed E-state index contributed by atoms with van der Waals surface area (Å²) in [6.07, 6.45) is 2.22. The van der Waals surface area contributed by atoms with Crippen molar-refractivity contribution in [3.8, 4) is 11.3 Å². The fraction of sp³-hybridized carbons (Fsp3) is 0. The molecular formula is C14H9IN2O2. The molecule has 5 heteroatoms. The van der Waals surface area contributed by atoms with Gasteiger partial charge in [0, 0.05) is 15.2 Å². The summed E-state index contributed by atoms with van der Waals surface area (Å²) in [5.41, 5.74) is 2.13. The molecule has 3 aromatic rings. The largest absolute Gasteiger partial charge is 0.464 e. The van der Waals surface area contributed by atoms with Crippen molar-refractivity contribution in [1.82, 2.24) is 9.55 Å². The number of aromatic nitrogens is 2. The molecule has 0 saturated heterocycles. The van der Waals surface area contributed by atoms with Gasteiger partial charge in [0.25, 0.3) is 0 Å². The number of hydrogen-bond donors (Lipinski definition) is 1. The van der Waals surface area contributed by atoms with Crippen LogP contribution >= 0.6 is 22.6 Å². The number of hydrogen-bond acceptors (Lipinski definition) is 2. The quantitative estimate of drug-likeness (QED) is 0.668. The zero-order valence-corrected chi connectivity index (χ0v) is 11.9. The maximum absolute atomic E-state index is 11.5. The Bertz CT molecular complexity index is 763. The van der Waals surface area contributed by atoms with Crippen molar-refractivity contribution in [3.05, 3.63) is 52.4 Å². The Labute approximate surface area is 122 Å². The van der Waals surface area contributed by atoms with Gasteiger partial charge in [-0.3, -0.25) is 4.98 Å². The SMILES string of the molecule is O=C(O)n1c(-c2ccc(I)cc2)cc2ccncc21. The number of pyridine rings is 1. The molecule has 94 valence electrons. The molecule has 0 saturated carbocycles. The second-order valence-electron chi connectivity index (χ2n) is 4.09. The van der Waals surface area contributed by atoms with E-state index in [9.17, 15) is 9.90 Å². The molecule has 4 nitrogen and oxygen atoms in total. The van der Waals surface area contributed by atoms with Crippen molar-refractivity contribution >= 4 is 39.6 Å². The average molecular weight is 364 g/mol. The smallest absolute Gasteiger partial charge is 0.416 e. The number of benzene rings is 1. The van der Waals surface area contributed by atoms with Gasteiger partial charge in [0.2, 0.25) is 0 Å². The van der Waals surface area contributed by atoms with Gasteiger partial charge in [-0.1, -0.05) is 12.1 Å². The summed E-state index contributed by atoms with van der Waals surface area (Å²) in [6, 6.07) is 11.4. The summed E-state index contributed by atoms with van der Waals surface area (Å²) in [7, 11) is 0. The van der Waals surface area contributed by atoms with Crippen molar-refractivity contribution in [1.29, 1.82) is 0 Å². The molecule has 3 rings (SSSR count). The number of carbonyl (C=O) groups is 1. The van der Waals surface area contributed by atoms with Gasteiger partial charge in [0.05, 0.1) is 17.4 Å². The summed E-state index contributed by atoms with van der Waals surface area (Å²) in [5.74, 6) is 0. The molecule has 1 aromatic carbocycles. The van der Waals surface area contributed by atoms with E-state index in [0.717, 1.165) is 14.5 Å². The highest BCUT2D eigenvalue weighted by Crippen LogP contribution is 2.28. The van der Waals surface area contributed by atoms with Crippen LogP contribution in [-0.2, 0) is 0 Å². The highest BCUT2D eigenvalue weighted by atomic mass is 127. The minimum atomic E-state index is -1.00. The van der Waals surface area contributed by atoms with Crippen molar-refractivity contribution in [3.63, 3.8) is 0 Å². The van der Waals surface area contributed by atoms with Gasteiger partial charge in [-0.15, -0.1) is 0 Å². The Morgan fingerprint density at radius 1 is 1.21 bits per heavy atom. The van der Waals surface area contributed by atoms with Crippen LogP contribution in [-0.4, -0.2) is 20.8 Å². The Kier molecular flexibility index (Phi) is 2.98. The Balaban J connectivity index is 2.31. The number of carboxylic acid groups (broad SMARTS) is 1. The van der Waals surface area contributed by atoms with Crippen LogP contribution in [0, 0.1) is 3.57 Å². The van der Waals surface area contributed by atoms with Gasteiger partial charge in [0.15, 0.2) is 0 Å². The lowest BCUT2D eigenvalue weighted by molar-refractivity contribution is 0.198. The highest BCUT2D eigenvalue weighted by Gasteiger charge is 2.15. The molecule has 0 spiro atoms. The van der Waals surface area contributed by atoms with Crippen LogP contribution < -0.4 is 0 Å². The molecule has 2 aromatic heterocycles. The lowest BCUT2D eigenvalue weighted by Gasteiger charge is -2.05. The van der Waals surface area contributed by atoms with Crippen LogP contribution in [0.1, 0.15) is 0 Å². The summed E-state index contributed by atoms with van der Waals surface area (Å²) < 4.78 is 2.38. The van der Waals surface area contributed by atoms with Crippen LogP contribution in [0.2, 0.25) is 0 Å². The first-order valence-electron chi connectivity index (χ1n) is 5.61. The zero-order valence-electron chi connectivity index (χ0n) is 9.75. The molecule has 2 heterocycles. The third kappa shape index (κ3) is 2.10. The first-order chi connectivity index (χ1) is 9.16. The van der Waals surface area contributed by atoms with Gasteiger partial charge < -0.3 is 5.11 Å². The Morgan fingerprint density at radius 3 is 2.63 bits per heavy atom. The van der Waals surface area contributed by atoms with E-state index in [1.54, 1.807) is 12.4 Å². The van der Waals surface area contributed by atoms with E-state index in [-0.39, 0.29) is 0 Å². The van der Waals surface area contributed by atoms with E-state index in [1.165, 1.54) is 4.57 Å². The van der Waals surface area contributed by atoms with Gasteiger partial charge >= 0.3 is 6.09 Å². The summed E-state index contributed by atoms with van der Waals surface area (Å²) in [5, 5.41) is 10.3. The monoisotopic (exact) mass is 364 g/mol. The van der Waals surface area contributed by atoms with Crippen LogP contribution in [0.4, 0.5) is 4.79 Å². The normalized spacial score (nSPS) is 10.8. The molecule has 0 atom stereocenters. The summed E-state index contributed by atoms with van der Waals surface area (Å²) in [6.45, 7) is 0. The molecule has 1 N–H and O–H groups in total. The summed E-state index contributed by atoms with van der Waals surface area (Å²) in [4.78, 5) is 15.5. The second kappa shape index (κ2) is 4.65. The second-order valence-corrected chi connectivity index (χ2v) is 5.33. The topological polar surface area (TPSA) is 55.1 Å². The van der Waals surface area contributed by atoms with Crippen molar-refractivity contribution in [2.24, 2.45) is 0 Å². The molecule has 0 amide bonds. The fourth-order valence-electron chi connectivity index (χ4n) is 2.09.